The van der Waals surface area contributed by atoms with Crippen molar-refractivity contribution in [3.8, 4) is 11.5 Å². The molecule has 0 saturated heterocycles. The molecule has 32 heavy (non-hydrogen) atoms. The monoisotopic (exact) mass is 427 g/mol. The fraction of sp³-hybridized carbons (Fsp3) is 0.222. The van der Waals surface area contributed by atoms with Gasteiger partial charge in [-0.25, -0.2) is 0 Å². The number of hydrogen-bond donors (Lipinski definition) is 1. The molecule has 5 heteroatoms. The topological polar surface area (TPSA) is 46.5 Å². The minimum absolute atomic E-state index is 0.164. The van der Waals surface area contributed by atoms with Crippen molar-refractivity contribution in [1.82, 2.24) is 9.47 Å². The zero-order valence-electron chi connectivity index (χ0n) is 18.8. The zero-order valence-corrected chi connectivity index (χ0v) is 18.8. The molecule has 0 radical (unpaired) electrons. The Kier molecular flexibility index (Phi) is 6.57. The lowest BCUT2D eigenvalue weighted by Gasteiger charge is -2.12. The highest BCUT2D eigenvalue weighted by Gasteiger charge is 2.10. The zero-order chi connectivity index (χ0) is 22.5. The van der Waals surface area contributed by atoms with Gasteiger partial charge in [0.2, 0.25) is 0 Å². The van der Waals surface area contributed by atoms with E-state index >= 15 is 0 Å². The lowest BCUT2D eigenvalue weighted by Crippen LogP contribution is -2.15. The quantitative estimate of drug-likeness (QED) is 0.378. The molecule has 4 rings (SSSR count). The molecule has 4 aromatic rings. The van der Waals surface area contributed by atoms with Crippen LogP contribution in [0.15, 0.2) is 78.9 Å². The highest BCUT2D eigenvalue weighted by atomic mass is 16.5. The number of benzene rings is 3. The van der Waals surface area contributed by atoms with Gasteiger partial charge >= 0.3 is 0 Å². The Morgan fingerprint density at radius 3 is 2.50 bits per heavy atom. The second-order valence-corrected chi connectivity index (χ2v) is 8.26. The fourth-order valence-electron chi connectivity index (χ4n) is 3.85. The van der Waals surface area contributed by atoms with Crippen molar-refractivity contribution in [3.63, 3.8) is 0 Å². The molecule has 0 saturated carbocycles. The maximum atomic E-state index is 12.6. The molecule has 3 aromatic carbocycles. The molecule has 1 aromatic heterocycles. The lowest BCUT2D eigenvalue weighted by atomic mass is 10.2. The SMILES string of the molecule is Cc1cc2cc(Oc3cccc(C(=O)Nc4ccccc4)c3)ccc2n1CCCN(C)C. The van der Waals surface area contributed by atoms with Gasteiger partial charge in [-0.1, -0.05) is 24.3 Å². The maximum absolute atomic E-state index is 12.6. The number of amides is 1. The second kappa shape index (κ2) is 9.71. The minimum atomic E-state index is -0.164. The van der Waals surface area contributed by atoms with Crippen LogP contribution < -0.4 is 10.1 Å². The number of fused-ring (bicyclic) bond motifs is 1. The Morgan fingerprint density at radius 1 is 0.938 bits per heavy atom. The molecule has 0 spiro atoms. The fourth-order valence-corrected chi connectivity index (χ4v) is 3.85. The summed E-state index contributed by atoms with van der Waals surface area (Å²) < 4.78 is 8.45. The Balaban J connectivity index is 1.48. The number of ether oxygens (including phenoxy) is 1. The van der Waals surface area contributed by atoms with E-state index in [2.05, 4.69) is 54.0 Å². The molecule has 1 N–H and O–H groups in total. The maximum Gasteiger partial charge on any atom is 0.255 e. The third kappa shape index (κ3) is 5.18. The van der Waals surface area contributed by atoms with Gasteiger partial charge in [-0.05, 0) is 88.6 Å². The summed E-state index contributed by atoms with van der Waals surface area (Å²) in [7, 11) is 4.20. The van der Waals surface area contributed by atoms with E-state index in [1.807, 2.05) is 48.5 Å². The van der Waals surface area contributed by atoms with Crippen molar-refractivity contribution < 1.29 is 9.53 Å². The van der Waals surface area contributed by atoms with Crippen LogP contribution >= 0.6 is 0 Å². The number of rotatable bonds is 8. The number of nitrogens with zero attached hydrogens (tertiary/aromatic N) is 2. The van der Waals surface area contributed by atoms with Crippen LogP contribution in [0, 0.1) is 6.92 Å². The van der Waals surface area contributed by atoms with Gasteiger partial charge in [0.25, 0.3) is 5.91 Å². The van der Waals surface area contributed by atoms with Gasteiger partial charge in [-0.15, -0.1) is 0 Å². The number of aromatic nitrogens is 1. The molecule has 0 aliphatic heterocycles. The van der Waals surface area contributed by atoms with Gasteiger partial charge < -0.3 is 19.5 Å². The van der Waals surface area contributed by atoms with Gasteiger partial charge in [0.1, 0.15) is 11.5 Å². The van der Waals surface area contributed by atoms with Crippen molar-refractivity contribution in [2.45, 2.75) is 19.9 Å². The van der Waals surface area contributed by atoms with Gasteiger partial charge in [-0.3, -0.25) is 4.79 Å². The summed E-state index contributed by atoms with van der Waals surface area (Å²) in [5, 5.41) is 4.06. The Morgan fingerprint density at radius 2 is 1.72 bits per heavy atom. The predicted octanol–water partition coefficient (Wildman–Crippen LogP) is 5.95. The van der Waals surface area contributed by atoms with Gasteiger partial charge in [0.15, 0.2) is 0 Å². The summed E-state index contributed by atoms with van der Waals surface area (Å²) in [6.45, 7) is 4.20. The van der Waals surface area contributed by atoms with Crippen LogP contribution in [0.5, 0.6) is 11.5 Å². The second-order valence-electron chi connectivity index (χ2n) is 8.26. The summed E-state index contributed by atoms with van der Waals surface area (Å²) in [4.78, 5) is 14.8. The number of hydrogen-bond acceptors (Lipinski definition) is 3. The Bertz CT molecular complexity index is 1210. The Hall–Kier alpha value is -3.57. The number of carbonyl (C=O) groups is 1. The van der Waals surface area contributed by atoms with Gasteiger partial charge in [0, 0.05) is 34.4 Å². The van der Waals surface area contributed by atoms with E-state index in [1.54, 1.807) is 12.1 Å². The van der Waals surface area contributed by atoms with Crippen molar-refractivity contribution >= 4 is 22.5 Å². The molecule has 164 valence electrons. The third-order valence-corrected chi connectivity index (χ3v) is 5.43. The minimum Gasteiger partial charge on any atom is -0.457 e. The molecular formula is C27H29N3O2. The molecular weight excluding hydrogens is 398 g/mol. The van der Waals surface area contributed by atoms with Crippen molar-refractivity contribution in [2.24, 2.45) is 0 Å². The normalized spacial score (nSPS) is 11.1. The first-order valence-corrected chi connectivity index (χ1v) is 10.9. The van der Waals surface area contributed by atoms with Crippen LogP contribution in [0.2, 0.25) is 0 Å². The van der Waals surface area contributed by atoms with Crippen LogP contribution in [0.3, 0.4) is 0 Å². The number of anilines is 1. The van der Waals surface area contributed by atoms with E-state index < -0.39 is 0 Å². The molecule has 0 aliphatic carbocycles. The van der Waals surface area contributed by atoms with Crippen molar-refractivity contribution in [1.29, 1.82) is 0 Å². The number of para-hydroxylation sites is 1. The van der Waals surface area contributed by atoms with Crippen LogP contribution in [0.1, 0.15) is 22.5 Å². The van der Waals surface area contributed by atoms with Gasteiger partial charge in [0.05, 0.1) is 0 Å². The molecule has 0 fully saturated rings. The predicted molar refractivity (Wildman–Crippen MR) is 131 cm³/mol. The molecule has 1 heterocycles. The first-order valence-electron chi connectivity index (χ1n) is 10.9. The van der Waals surface area contributed by atoms with E-state index in [0.717, 1.165) is 36.3 Å². The average Bonchev–Trinajstić information content (AvgIpc) is 3.09. The summed E-state index contributed by atoms with van der Waals surface area (Å²) in [6, 6.07) is 25.0. The van der Waals surface area contributed by atoms with Crippen molar-refractivity contribution in [2.75, 3.05) is 26.0 Å². The molecule has 5 nitrogen and oxygen atoms in total. The van der Waals surface area contributed by atoms with Crippen LogP contribution in [-0.4, -0.2) is 36.0 Å². The molecule has 0 atom stereocenters. The van der Waals surface area contributed by atoms with Crippen molar-refractivity contribution in [3.05, 3.63) is 90.1 Å². The third-order valence-electron chi connectivity index (χ3n) is 5.43. The molecule has 0 aliphatic rings. The van der Waals surface area contributed by atoms with Crippen LogP contribution in [-0.2, 0) is 6.54 Å². The van der Waals surface area contributed by atoms with Gasteiger partial charge in [-0.2, -0.15) is 0 Å². The summed E-state index contributed by atoms with van der Waals surface area (Å²) >= 11 is 0. The Labute approximate surface area is 189 Å². The van der Waals surface area contributed by atoms with E-state index in [9.17, 15) is 4.79 Å². The lowest BCUT2D eigenvalue weighted by molar-refractivity contribution is 0.102. The first kappa shape index (κ1) is 21.7. The van der Waals surface area contributed by atoms with E-state index in [-0.39, 0.29) is 5.91 Å². The summed E-state index contributed by atoms with van der Waals surface area (Å²) in [6.07, 6.45) is 1.10. The van der Waals surface area contributed by atoms with E-state index in [4.69, 9.17) is 4.74 Å². The molecule has 0 bridgehead atoms. The highest BCUT2D eigenvalue weighted by molar-refractivity contribution is 6.04. The first-order chi connectivity index (χ1) is 15.5. The number of nitrogens with one attached hydrogen (secondary N) is 1. The summed E-state index contributed by atoms with van der Waals surface area (Å²) in [5.74, 6) is 1.22. The molecule has 0 unspecified atom stereocenters. The number of aryl methyl sites for hydroxylation is 2. The van der Waals surface area contributed by atoms with Crippen LogP contribution in [0.4, 0.5) is 5.69 Å². The van der Waals surface area contributed by atoms with E-state index in [1.165, 1.54) is 11.2 Å². The van der Waals surface area contributed by atoms with E-state index in [0.29, 0.717) is 11.3 Å². The number of carbonyl (C=O) groups excluding carboxylic acids is 1. The smallest absolute Gasteiger partial charge is 0.255 e. The summed E-state index contributed by atoms with van der Waals surface area (Å²) in [5.41, 5.74) is 3.77. The average molecular weight is 428 g/mol. The van der Waals surface area contributed by atoms with Crippen LogP contribution in [0.25, 0.3) is 10.9 Å². The molecule has 1 amide bonds. The highest BCUT2D eigenvalue weighted by Crippen LogP contribution is 2.28. The standard InChI is InChI=1S/C27H29N3O2/c1-20-17-22-19-25(13-14-26(22)30(20)16-8-15-29(2)3)32-24-12-7-9-21(18-24)27(31)28-23-10-5-4-6-11-23/h4-7,9-14,17-19H,8,15-16H2,1-3H3,(H,28,31). The largest absolute Gasteiger partial charge is 0.457 e.